The Bertz CT molecular complexity index is 168. The van der Waals surface area contributed by atoms with Crippen molar-refractivity contribution in [1.29, 1.82) is 0 Å². The van der Waals surface area contributed by atoms with Crippen molar-refractivity contribution in [2.24, 2.45) is 5.92 Å². The summed E-state index contributed by atoms with van der Waals surface area (Å²) in [5, 5.41) is 0. The Morgan fingerprint density at radius 1 is 1.14 bits per heavy atom. The van der Waals surface area contributed by atoms with Crippen LogP contribution < -0.4 is 0 Å². The van der Waals surface area contributed by atoms with E-state index in [1.54, 1.807) is 0 Å². The topological polar surface area (TPSA) is 20.3 Å². The zero-order valence-corrected chi connectivity index (χ0v) is 10.3. The van der Waals surface area contributed by atoms with Crippen molar-refractivity contribution in [1.82, 2.24) is 4.90 Å². The van der Waals surface area contributed by atoms with Crippen molar-refractivity contribution < 1.29 is 4.79 Å². The lowest BCUT2D eigenvalue weighted by Crippen LogP contribution is -2.38. The molecule has 84 valence electrons. The van der Waals surface area contributed by atoms with Gasteiger partial charge >= 0.3 is 0 Å². The third-order valence-electron chi connectivity index (χ3n) is 3.14. The molecule has 0 aromatic heterocycles. The third-order valence-corrected chi connectivity index (χ3v) is 3.14. The summed E-state index contributed by atoms with van der Waals surface area (Å²) < 4.78 is 0. The van der Waals surface area contributed by atoms with E-state index in [9.17, 15) is 4.79 Å². The standard InChI is InChI=1S/C12H25NO/c1-6-10(4)12(14)9-13(8-3)11(5)7-2/h10-11H,6-9H2,1-5H3. The van der Waals surface area contributed by atoms with Crippen LogP contribution in [0.2, 0.25) is 0 Å². The number of Topliss-reactive ketones (excluding diaryl/α,β-unsaturated/α-hetero) is 1. The first-order chi connectivity index (χ1) is 6.56. The van der Waals surface area contributed by atoms with Crippen LogP contribution in [0.4, 0.5) is 0 Å². The minimum atomic E-state index is 0.216. The van der Waals surface area contributed by atoms with Gasteiger partial charge in [0.1, 0.15) is 5.78 Å². The highest BCUT2D eigenvalue weighted by atomic mass is 16.1. The molecule has 0 aromatic carbocycles. The molecule has 2 unspecified atom stereocenters. The molecule has 0 heterocycles. The van der Waals surface area contributed by atoms with Gasteiger partial charge < -0.3 is 0 Å². The molecule has 0 aliphatic heterocycles. The molecule has 0 aliphatic carbocycles. The molecular weight excluding hydrogens is 174 g/mol. The Hall–Kier alpha value is -0.370. The Morgan fingerprint density at radius 3 is 2.07 bits per heavy atom. The number of hydrogen-bond acceptors (Lipinski definition) is 2. The second-order valence-corrected chi connectivity index (χ2v) is 4.10. The third kappa shape index (κ3) is 4.23. The maximum Gasteiger partial charge on any atom is 0.149 e. The minimum Gasteiger partial charge on any atom is -0.298 e. The van der Waals surface area contributed by atoms with Crippen LogP contribution in [0.1, 0.15) is 47.5 Å². The molecule has 0 bridgehead atoms. The number of likely N-dealkylation sites (N-methyl/N-ethyl adjacent to an activating group) is 1. The predicted molar refractivity (Wildman–Crippen MR) is 61.5 cm³/mol. The monoisotopic (exact) mass is 199 g/mol. The average Bonchev–Trinajstić information content (AvgIpc) is 2.22. The lowest BCUT2D eigenvalue weighted by atomic mass is 10.0. The van der Waals surface area contributed by atoms with Crippen LogP contribution in [0.3, 0.4) is 0 Å². The summed E-state index contributed by atoms with van der Waals surface area (Å²) in [6.07, 6.45) is 2.07. The van der Waals surface area contributed by atoms with Crippen LogP contribution in [0, 0.1) is 5.92 Å². The van der Waals surface area contributed by atoms with E-state index in [0.29, 0.717) is 18.4 Å². The van der Waals surface area contributed by atoms with Gasteiger partial charge in [-0.25, -0.2) is 0 Å². The van der Waals surface area contributed by atoms with Gasteiger partial charge in [-0.1, -0.05) is 27.7 Å². The smallest absolute Gasteiger partial charge is 0.149 e. The van der Waals surface area contributed by atoms with E-state index < -0.39 is 0 Å². The maximum absolute atomic E-state index is 11.7. The fourth-order valence-electron chi connectivity index (χ4n) is 1.42. The Morgan fingerprint density at radius 2 is 1.71 bits per heavy atom. The van der Waals surface area contributed by atoms with Gasteiger partial charge in [0.15, 0.2) is 0 Å². The molecule has 2 heteroatoms. The van der Waals surface area contributed by atoms with Gasteiger partial charge in [0.05, 0.1) is 6.54 Å². The molecule has 0 N–H and O–H groups in total. The molecular formula is C12H25NO. The van der Waals surface area contributed by atoms with Crippen molar-refractivity contribution in [3.63, 3.8) is 0 Å². The number of hydrogen-bond donors (Lipinski definition) is 0. The summed E-state index contributed by atoms with van der Waals surface area (Å²) in [4.78, 5) is 14.0. The highest BCUT2D eigenvalue weighted by Gasteiger charge is 2.17. The zero-order chi connectivity index (χ0) is 11.1. The van der Waals surface area contributed by atoms with Gasteiger partial charge in [0.2, 0.25) is 0 Å². The molecule has 0 spiro atoms. The van der Waals surface area contributed by atoms with Crippen molar-refractivity contribution in [3.05, 3.63) is 0 Å². The fourth-order valence-corrected chi connectivity index (χ4v) is 1.42. The molecule has 0 aliphatic rings. The van der Waals surface area contributed by atoms with E-state index >= 15 is 0 Å². The summed E-state index contributed by atoms with van der Waals surface area (Å²) in [6, 6.07) is 0.521. The zero-order valence-electron chi connectivity index (χ0n) is 10.3. The summed E-state index contributed by atoms with van der Waals surface area (Å²) in [5.41, 5.74) is 0. The van der Waals surface area contributed by atoms with E-state index in [0.717, 1.165) is 19.4 Å². The van der Waals surface area contributed by atoms with Crippen LogP contribution >= 0.6 is 0 Å². The minimum absolute atomic E-state index is 0.216. The first kappa shape index (κ1) is 13.6. The van der Waals surface area contributed by atoms with E-state index in [1.807, 2.05) is 6.92 Å². The van der Waals surface area contributed by atoms with Crippen molar-refractivity contribution in [2.45, 2.75) is 53.5 Å². The number of rotatable bonds is 7. The van der Waals surface area contributed by atoms with Crippen LogP contribution in [0.25, 0.3) is 0 Å². The number of carbonyl (C=O) groups is 1. The van der Waals surface area contributed by atoms with Crippen LogP contribution in [-0.4, -0.2) is 29.8 Å². The van der Waals surface area contributed by atoms with E-state index in [1.165, 1.54) is 0 Å². The molecule has 0 radical (unpaired) electrons. The summed E-state index contributed by atoms with van der Waals surface area (Å²) in [7, 11) is 0. The predicted octanol–water partition coefficient (Wildman–Crippen LogP) is 2.72. The Kier molecular flexibility index (Phi) is 6.81. The molecule has 0 amide bonds. The highest BCUT2D eigenvalue weighted by molar-refractivity contribution is 5.82. The lowest BCUT2D eigenvalue weighted by Gasteiger charge is -2.27. The van der Waals surface area contributed by atoms with E-state index in [2.05, 4.69) is 32.6 Å². The molecule has 0 aromatic rings. The van der Waals surface area contributed by atoms with Crippen molar-refractivity contribution >= 4 is 5.78 Å². The van der Waals surface area contributed by atoms with Crippen LogP contribution in [0.5, 0.6) is 0 Å². The second kappa shape index (κ2) is 6.99. The van der Waals surface area contributed by atoms with Gasteiger partial charge in [-0.2, -0.15) is 0 Å². The maximum atomic E-state index is 11.7. The van der Waals surface area contributed by atoms with Gasteiger partial charge in [0, 0.05) is 12.0 Å². The average molecular weight is 199 g/mol. The SMILES string of the molecule is CCC(C)C(=O)CN(CC)C(C)CC. The number of ketones is 1. The largest absolute Gasteiger partial charge is 0.298 e. The van der Waals surface area contributed by atoms with Crippen LogP contribution in [-0.2, 0) is 4.79 Å². The first-order valence-corrected chi connectivity index (χ1v) is 5.83. The van der Waals surface area contributed by atoms with Gasteiger partial charge in [-0.15, -0.1) is 0 Å². The number of nitrogens with zero attached hydrogens (tertiary/aromatic N) is 1. The molecule has 2 nitrogen and oxygen atoms in total. The summed E-state index contributed by atoms with van der Waals surface area (Å²) in [6.45, 7) is 12.2. The normalized spacial score (nSPS) is 15.6. The fraction of sp³-hybridized carbons (Fsp3) is 0.917. The molecule has 14 heavy (non-hydrogen) atoms. The molecule has 0 rings (SSSR count). The lowest BCUT2D eigenvalue weighted by molar-refractivity contribution is -0.124. The molecule has 2 atom stereocenters. The molecule has 0 saturated heterocycles. The molecule has 0 fully saturated rings. The summed E-state index contributed by atoms with van der Waals surface area (Å²) in [5.74, 6) is 0.600. The first-order valence-electron chi connectivity index (χ1n) is 5.83. The van der Waals surface area contributed by atoms with E-state index in [-0.39, 0.29) is 5.92 Å². The van der Waals surface area contributed by atoms with Crippen molar-refractivity contribution in [3.8, 4) is 0 Å². The Balaban J connectivity index is 4.11. The van der Waals surface area contributed by atoms with Gasteiger partial charge in [-0.05, 0) is 26.3 Å². The van der Waals surface area contributed by atoms with Gasteiger partial charge in [0.25, 0.3) is 0 Å². The second-order valence-electron chi connectivity index (χ2n) is 4.10. The summed E-state index contributed by atoms with van der Waals surface area (Å²) >= 11 is 0. The van der Waals surface area contributed by atoms with Gasteiger partial charge in [-0.3, -0.25) is 9.69 Å². The van der Waals surface area contributed by atoms with E-state index in [4.69, 9.17) is 0 Å². The Labute approximate surface area is 88.7 Å². The number of carbonyl (C=O) groups excluding carboxylic acids is 1. The highest BCUT2D eigenvalue weighted by Crippen LogP contribution is 2.07. The van der Waals surface area contributed by atoms with Crippen molar-refractivity contribution in [2.75, 3.05) is 13.1 Å². The quantitative estimate of drug-likeness (QED) is 0.628. The van der Waals surface area contributed by atoms with Crippen LogP contribution in [0.15, 0.2) is 0 Å². The molecule has 0 saturated carbocycles.